The average molecular weight is 505 g/mol. The Labute approximate surface area is 203 Å². The number of aryl methyl sites for hydroxylation is 1. The molecule has 10 heteroatoms. The third-order valence-electron chi connectivity index (χ3n) is 4.67. The van der Waals surface area contributed by atoms with Crippen LogP contribution in [0.2, 0.25) is 5.02 Å². The quantitative estimate of drug-likeness (QED) is 0.408. The number of rotatable bonds is 10. The second-order valence-electron chi connectivity index (χ2n) is 7.17. The molecule has 0 heterocycles. The van der Waals surface area contributed by atoms with Gasteiger partial charge in [-0.25, -0.2) is 8.42 Å². The number of carbonyl (C=O) groups is 1. The molecule has 0 saturated heterocycles. The molecular formula is C24H25ClN2O6S. The lowest BCUT2D eigenvalue weighted by Gasteiger charge is -2.13. The molecule has 3 rings (SSSR count). The van der Waals surface area contributed by atoms with Gasteiger partial charge in [-0.15, -0.1) is 0 Å². The molecule has 2 N–H and O–H groups in total. The van der Waals surface area contributed by atoms with Crippen LogP contribution in [0.25, 0.3) is 0 Å². The van der Waals surface area contributed by atoms with Crippen molar-refractivity contribution < 1.29 is 27.4 Å². The van der Waals surface area contributed by atoms with Gasteiger partial charge in [0.05, 0.1) is 24.3 Å². The standard InChI is InChI=1S/C24H25ClN2O6S/c1-4-32-19-8-6-18(7-9-19)27-34(29,30)20-10-12-22(16(2)13-20)33-15-24(28)26-21-14-17(25)5-11-23(21)31-3/h5-14,27H,4,15H2,1-3H3,(H,26,28). The summed E-state index contributed by atoms with van der Waals surface area (Å²) in [6.45, 7) is 3.81. The highest BCUT2D eigenvalue weighted by molar-refractivity contribution is 7.92. The highest BCUT2D eigenvalue weighted by atomic mass is 35.5. The number of methoxy groups -OCH3 is 1. The second-order valence-corrected chi connectivity index (χ2v) is 9.29. The summed E-state index contributed by atoms with van der Waals surface area (Å²) in [7, 11) is -2.33. The van der Waals surface area contributed by atoms with Crippen molar-refractivity contribution in [2.75, 3.05) is 30.4 Å². The van der Waals surface area contributed by atoms with E-state index in [1.54, 1.807) is 49.4 Å². The van der Waals surface area contributed by atoms with E-state index in [9.17, 15) is 13.2 Å². The van der Waals surface area contributed by atoms with Gasteiger partial charge in [0, 0.05) is 10.7 Å². The molecule has 180 valence electrons. The van der Waals surface area contributed by atoms with Gasteiger partial charge in [-0.1, -0.05) is 11.6 Å². The molecule has 0 unspecified atom stereocenters. The largest absolute Gasteiger partial charge is 0.495 e. The van der Waals surface area contributed by atoms with Gasteiger partial charge in [-0.2, -0.15) is 0 Å². The Morgan fingerprint density at radius 3 is 2.32 bits per heavy atom. The van der Waals surface area contributed by atoms with Crippen molar-refractivity contribution >= 4 is 38.9 Å². The number of sulfonamides is 1. The lowest BCUT2D eigenvalue weighted by atomic mass is 10.2. The summed E-state index contributed by atoms with van der Waals surface area (Å²) in [5.74, 6) is 1.08. The molecule has 0 aromatic heterocycles. The monoisotopic (exact) mass is 504 g/mol. The number of anilines is 2. The summed E-state index contributed by atoms with van der Waals surface area (Å²) < 4.78 is 44.2. The van der Waals surface area contributed by atoms with Crippen molar-refractivity contribution in [1.82, 2.24) is 0 Å². The fourth-order valence-electron chi connectivity index (χ4n) is 3.06. The average Bonchev–Trinajstić information content (AvgIpc) is 2.79. The van der Waals surface area contributed by atoms with Gasteiger partial charge in [-0.05, 0) is 80.1 Å². The number of nitrogens with one attached hydrogen (secondary N) is 2. The van der Waals surface area contributed by atoms with Gasteiger partial charge in [0.25, 0.3) is 15.9 Å². The van der Waals surface area contributed by atoms with Gasteiger partial charge in [0.1, 0.15) is 17.2 Å². The number of benzene rings is 3. The Bertz CT molecular complexity index is 1260. The highest BCUT2D eigenvalue weighted by Crippen LogP contribution is 2.28. The van der Waals surface area contributed by atoms with Crippen LogP contribution in [0, 0.1) is 6.92 Å². The minimum absolute atomic E-state index is 0.0688. The lowest BCUT2D eigenvalue weighted by Crippen LogP contribution is -2.21. The van der Waals surface area contributed by atoms with E-state index in [0.717, 1.165) is 0 Å². The van der Waals surface area contributed by atoms with Gasteiger partial charge in [0.2, 0.25) is 0 Å². The maximum absolute atomic E-state index is 12.8. The fraction of sp³-hybridized carbons (Fsp3) is 0.208. The number of carbonyl (C=O) groups excluding carboxylic acids is 1. The van der Waals surface area contributed by atoms with E-state index in [1.165, 1.54) is 25.3 Å². The van der Waals surface area contributed by atoms with Gasteiger partial charge < -0.3 is 19.5 Å². The minimum Gasteiger partial charge on any atom is -0.495 e. The van der Waals surface area contributed by atoms with Crippen molar-refractivity contribution in [3.8, 4) is 17.2 Å². The van der Waals surface area contributed by atoms with Crippen LogP contribution < -0.4 is 24.2 Å². The second kappa shape index (κ2) is 11.1. The van der Waals surface area contributed by atoms with E-state index in [4.69, 9.17) is 25.8 Å². The maximum atomic E-state index is 12.8. The van der Waals surface area contributed by atoms with E-state index < -0.39 is 15.9 Å². The van der Waals surface area contributed by atoms with Crippen molar-refractivity contribution in [3.05, 3.63) is 71.2 Å². The van der Waals surface area contributed by atoms with E-state index in [0.29, 0.717) is 45.8 Å². The van der Waals surface area contributed by atoms with Crippen LogP contribution in [0.5, 0.6) is 17.2 Å². The molecule has 0 atom stereocenters. The van der Waals surface area contributed by atoms with Gasteiger partial charge in [-0.3, -0.25) is 9.52 Å². The first-order chi connectivity index (χ1) is 16.2. The molecule has 1 amide bonds. The van der Waals surface area contributed by atoms with Crippen molar-refractivity contribution in [3.63, 3.8) is 0 Å². The molecule has 0 saturated carbocycles. The predicted octanol–water partition coefficient (Wildman–Crippen LogP) is 4.87. The van der Waals surface area contributed by atoms with E-state index in [-0.39, 0.29) is 11.5 Å². The zero-order valence-corrected chi connectivity index (χ0v) is 20.5. The van der Waals surface area contributed by atoms with Crippen molar-refractivity contribution in [2.24, 2.45) is 0 Å². The van der Waals surface area contributed by atoms with E-state index in [2.05, 4.69) is 10.0 Å². The third-order valence-corrected chi connectivity index (χ3v) is 6.28. The Balaban J connectivity index is 1.64. The molecule has 8 nitrogen and oxygen atoms in total. The Morgan fingerprint density at radius 2 is 1.68 bits per heavy atom. The fourth-order valence-corrected chi connectivity index (χ4v) is 4.37. The van der Waals surface area contributed by atoms with Gasteiger partial charge in [0.15, 0.2) is 6.61 Å². The molecular weight excluding hydrogens is 480 g/mol. The van der Waals surface area contributed by atoms with Crippen LogP contribution in [0.4, 0.5) is 11.4 Å². The zero-order chi connectivity index (χ0) is 24.7. The number of halogens is 1. The van der Waals surface area contributed by atoms with Crippen LogP contribution in [0.1, 0.15) is 12.5 Å². The van der Waals surface area contributed by atoms with Crippen molar-refractivity contribution in [1.29, 1.82) is 0 Å². The number of ether oxygens (including phenoxy) is 3. The van der Waals surface area contributed by atoms with E-state index >= 15 is 0 Å². The molecule has 0 aliphatic carbocycles. The van der Waals surface area contributed by atoms with E-state index in [1.807, 2.05) is 6.92 Å². The summed E-state index contributed by atoms with van der Waals surface area (Å²) in [5.41, 5.74) is 1.39. The molecule has 34 heavy (non-hydrogen) atoms. The minimum atomic E-state index is -3.81. The smallest absolute Gasteiger partial charge is 0.262 e. The molecule has 3 aromatic carbocycles. The zero-order valence-electron chi connectivity index (χ0n) is 18.9. The molecule has 0 radical (unpaired) electrons. The molecule has 3 aromatic rings. The van der Waals surface area contributed by atoms with Crippen LogP contribution in [0.15, 0.2) is 65.6 Å². The predicted molar refractivity (Wildman–Crippen MR) is 132 cm³/mol. The number of hydrogen-bond donors (Lipinski definition) is 2. The SMILES string of the molecule is CCOc1ccc(NS(=O)(=O)c2ccc(OCC(=O)Nc3cc(Cl)ccc3OC)c(C)c2)cc1. The maximum Gasteiger partial charge on any atom is 0.262 e. The summed E-state index contributed by atoms with van der Waals surface area (Å²) >= 11 is 5.98. The lowest BCUT2D eigenvalue weighted by molar-refractivity contribution is -0.118. The number of amides is 1. The topological polar surface area (TPSA) is 103 Å². The summed E-state index contributed by atoms with van der Waals surface area (Å²) in [6, 6.07) is 15.9. The Kier molecular flexibility index (Phi) is 8.25. The summed E-state index contributed by atoms with van der Waals surface area (Å²) in [6.07, 6.45) is 0. The summed E-state index contributed by atoms with van der Waals surface area (Å²) in [5, 5.41) is 3.13. The summed E-state index contributed by atoms with van der Waals surface area (Å²) in [4.78, 5) is 12.4. The third kappa shape index (κ3) is 6.55. The van der Waals surface area contributed by atoms with Gasteiger partial charge >= 0.3 is 0 Å². The molecule has 0 aliphatic heterocycles. The first-order valence-electron chi connectivity index (χ1n) is 10.3. The van der Waals surface area contributed by atoms with Crippen LogP contribution in [-0.2, 0) is 14.8 Å². The highest BCUT2D eigenvalue weighted by Gasteiger charge is 2.17. The molecule has 0 spiro atoms. The van der Waals surface area contributed by atoms with Crippen LogP contribution in [0.3, 0.4) is 0 Å². The first kappa shape index (κ1) is 25.2. The Morgan fingerprint density at radius 1 is 0.971 bits per heavy atom. The normalized spacial score (nSPS) is 10.9. The first-order valence-corrected chi connectivity index (χ1v) is 12.2. The van der Waals surface area contributed by atoms with Crippen LogP contribution in [-0.4, -0.2) is 34.6 Å². The van der Waals surface area contributed by atoms with Crippen molar-refractivity contribution in [2.45, 2.75) is 18.7 Å². The molecule has 0 fully saturated rings. The Hall–Kier alpha value is -3.43. The molecule has 0 aliphatic rings. The molecule has 0 bridgehead atoms. The van der Waals surface area contributed by atoms with Crippen LogP contribution >= 0.6 is 11.6 Å². The number of hydrogen-bond acceptors (Lipinski definition) is 6.